The Labute approximate surface area is 80.3 Å². The molecule has 2 heterocycles. The minimum Gasteiger partial charge on any atom is -0.187 e. The van der Waals surface area contributed by atoms with E-state index in [1.165, 1.54) is 6.07 Å². The Morgan fingerprint density at radius 3 is 2.71 bits per heavy atom. The SMILES string of the molecule is FC(F)(F)c1nnc2[c]cc(Cl)nn12. The number of rotatable bonds is 0. The maximum Gasteiger partial charge on any atom is 0.453 e. The van der Waals surface area contributed by atoms with Crippen LogP contribution in [-0.2, 0) is 6.18 Å². The third-order valence-corrected chi connectivity index (χ3v) is 1.59. The summed E-state index contributed by atoms with van der Waals surface area (Å²) in [5, 5.41) is 9.49. The zero-order chi connectivity index (χ0) is 10.3. The molecule has 2 aromatic rings. The van der Waals surface area contributed by atoms with Crippen LogP contribution < -0.4 is 0 Å². The van der Waals surface area contributed by atoms with Crippen LogP contribution in [0.5, 0.6) is 0 Å². The van der Waals surface area contributed by atoms with Crippen molar-refractivity contribution in [1.29, 1.82) is 0 Å². The maximum absolute atomic E-state index is 12.3. The molecule has 0 saturated heterocycles. The highest BCUT2D eigenvalue weighted by atomic mass is 35.5. The smallest absolute Gasteiger partial charge is 0.187 e. The van der Waals surface area contributed by atoms with Crippen molar-refractivity contribution in [2.24, 2.45) is 0 Å². The summed E-state index contributed by atoms with van der Waals surface area (Å²) >= 11 is 5.41. The fraction of sp³-hybridized carbons (Fsp3) is 0.167. The van der Waals surface area contributed by atoms with Crippen molar-refractivity contribution in [1.82, 2.24) is 19.8 Å². The predicted octanol–water partition coefficient (Wildman–Crippen LogP) is 1.60. The van der Waals surface area contributed by atoms with Crippen LogP contribution in [-0.4, -0.2) is 19.8 Å². The van der Waals surface area contributed by atoms with Crippen molar-refractivity contribution in [3.63, 3.8) is 0 Å². The second kappa shape index (κ2) is 2.81. The maximum atomic E-state index is 12.3. The van der Waals surface area contributed by atoms with E-state index in [2.05, 4.69) is 21.4 Å². The number of alkyl halides is 3. The van der Waals surface area contributed by atoms with E-state index in [0.29, 0.717) is 4.52 Å². The van der Waals surface area contributed by atoms with Crippen molar-refractivity contribution >= 4 is 17.2 Å². The summed E-state index contributed by atoms with van der Waals surface area (Å²) < 4.78 is 37.3. The van der Waals surface area contributed by atoms with Gasteiger partial charge in [-0.05, 0) is 6.07 Å². The normalized spacial score (nSPS) is 12.3. The van der Waals surface area contributed by atoms with Crippen LogP contribution in [0.3, 0.4) is 0 Å². The Morgan fingerprint density at radius 1 is 1.36 bits per heavy atom. The zero-order valence-corrected chi connectivity index (χ0v) is 7.13. The topological polar surface area (TPSA) is 43.1 Å². The summed E-state index contributed by atoms with van der Waals surface area (Å²) in [5.74, 6) is -1.22. The van der Waals surface area contributed by atoms with Crippen molar-refractivity contribution in [3.05, 3.63) is 23.1 Å². The largest absolute Gasteiger partial charge is 0.453 e. The van der Waals surface area contributed by atoms with Crippen molar-refractivity contribution < 1.29 is 13.2 Å². The van der Waals surface area contributed by atoms with E-state index < -0.39 is 12.0 Å². The molecule has 14 heavy (non-hydrogen) atoms. The van der Waals surface area contributed by atoms with Gasteiger partial charge in [-0.1, -0.05) is 11.6 Å². The highest BCUT2D eigenvalue weighted by Crippen LogP contribution is 2.27. The van der Waals surface area contributed by atoms with Gasteiger partial charge in [0.25, 0.3) is 5.82 Å². The lowest BCUT2D eigenvalue weighted by Gasteiger charge is -2.01. The van der Waals surface area contributed by atoms with Crippen LogP contribution in [0, 0.1) is 6.07 Å². The fourth-order valence-electron chi connectivity index (χ4n) is 0.890. The van der Waals surface area contributed by atoms with Gasteiger partial charge in [0, 0.05) is 6.07 Å². The molecule has 4 nitrogen and oxygen atoms in total. The van der Waals surface area contributed by atoms with Gasteiger partial charge in [0.1, 0.15) is 0 Å². The van der Waals surface area contributed by atoms with Crippen LogP contribution in [0.4, 0.5) is 13.2 Å². The van der Waals surface area contributed by atoms with Crippen LogP contribution in [0.1, 0.15) is 5.82 Å². The Morgan fingerprint density at radius 2 is 2.07 bits per heavy atom. The van der Waals surface area contributed by atoms with Gasteiger partial charge in [-0.15, -0.1) is 10.2 Å². The first-order chi connectivity index (χ1) is 6.48. The summed E-state index contributed by atoms with van der Waals surface area (Å²) in [6.45, 7) is 0. The van der Waals surface area contributed by atoms with Gasteiger partial charge in [0.2, 0.25) is 0 Å². The number of hydrogen-bond acceptors (Lipinski definition) is 3. The van der Waals surface area contributed by atoms with E-state index in [-0.39, 0.29) is 10.8 Å². The quantitative estimate of drug-likeness (QED) is 0.679. The molecule has 0 saturated carbocycles. The monoisotopic (exact) mass is 221 g/mol. The lowest BCUT2D eigenvalue weighted by molar-refractivity contribution is -0.146. The lowest BCUT2D eigenvalue weighted by Crippen LogP contribution is -2.12. The van der Waals surface area contributed by atoms with Gasteiger partial charge >= 0.3 is 6.18 Å². The molecule has 0 aliphatic carbocycles. The summed E-state index contributed by atoms with van der Waals surface area (Å²) in [4.78, 5) is 0. The number of aromatic nitrogens is 4. The minimum atomic E-state index is -4.61. The molecule has 0 spiro atoms. The second-order valence-electron chi connectivity index (χ2n) is 2.37. The van der Waals surface area contributed by atoms with Crippen LogP contribution in [0.2, 0.25) is 5.15 Å². The Balaban J connectivity index is 2.73. The molecule has 2 aromatic heterocycles. The molecule has 0 N–H and O–H groups in total. The summed E-state index contributed by atoms with van der Waals surface area (Å²) in [7, 11) is 0. The molecule has 8 heteroatoms. The van der Waals surface area contributed by atoms with E-state index >= 15 is 0 Å². The minimum absolute atomic E-state index is 0.109. The number of hydrogen-bond donors (Lipinski definition) is 0. The van der Waals surface area contributed by atoms with Crippen LogP contribution in [0.25, 0.3) is 5.65 Å². The van der Waals surface area contributed by atoms with Gasteiger partial charge in [0.15, 0.2) is 10.8 Å². The van der Waals surface area contributed by atoms with Gasteiger partial charge in [-0.2, -0.15) is 22.8 Å². The lowest BCUT2D eigenvalue weighted by atomic mass is 10.5. The van der Waals surface area contributed by atoms with Gasteiger partial charge in [-0.25, -0.2) is 0 Å². The number of fused-ring (bicyclic) bond motifs is 1. The highest BCUT2D eigenvalue weighted by Gasteiger charge is 2.37. The molecular weight excluding hydrogens is 221 g/mol. The zero-order valence-electron chi connectivity index (χ0n) is 6.38. The van der Waals surface area contributed by atoms with Crippen molar-refractivity contribution in [2.45, 2.75) is 6.18 Å². The van der Waals surface area contributed by atoms with Gasteiger partial charge in [-0.3, -0.25) is 0 Å². The molecule has 0 amide bonds. The highest BCUT2D eigenvalue weighted by molar-refractivity contribution is 6.29. The van der Waals surface area contributed by atoms with Crippen LogP contribution in [0.15, 0.2) is 6.07 Å². The number of halogens is 4. The molecule has 2 rings (SSSR count). The molecule has 0 fully saturated rings. The first-order valence-electron chi connectivity index (χ1n) is 3.35. The summed E-state index contributed by atoms with van der Waals surface area (Å²) in [5.41, 5.74) is -0.123. The average molecular weight is 222 g/mol. The molecule has 1 radical (unpaired) electrons. The Bertz CT molecular complexity index is 477. The molecule has 0 aliphatic rings. The van der Waals surface area contributed by atoms with Crippen LogP contribution >= 0.6 is 11.6 Å². The second-order valence-corrected chi connectivity index (χ2v) is 2.76. The van der Waals surface area contributed by atoms with E-state index in [1.54, 1.807) is 0 Å². The van der Waals surface area contributed by atoms with Gasteiger partial charge in [0.05, 0.1) is 0 Å². The third-order valence-electron chi connectivity index (χ3n) is 1.41. The molecular formula is C6HClF3N4. The van der Waals surface area contributed by atoms with Gasteiger partial charge < -0.3 is 0 Å². The first kappa shape index (κ1) is 9.20. The molecule has 0 bridgehead atoms. The standard InChI is InChI=1S/C6HClF3N4/c7-3-1-2-4-11-12-5(6(8,9)10)14(4)13-3/h1H. The Hall–Kier alpha value is -1.37. The molecule has 0 unspecified atom stereocenters. The number of nitrogens with zero attached hydrogens (tertiary/aromatic N) is 4. The summed E-state index contributed by atoms with van der Waals surface area (Å²) in [6, 6.07) is 3.62. The third kappa shape index (κ3) is 1.39. The molecule has 0 aromatic carbocycles. The predicted molar refractivity (Wildman–Crippen MR) is 39.6 cm³/mol. The van der Waals surface area contributed by atoms with E-state index in [4.69, 9.17) is 11.6 Å². The Kier molecular flexibility index (Phi) is 1.84. The summed E-state index contributed by atoms with van der Waals surface area (Å²) in [6.07, 6.45) is -4.61. The molecule has 73 valence electrons. The van der Waals surface area contributed by atoms with Crippen molar-refractivity contribution in [3.8, 4) is 0 Å². The molecule has 0 aliphatic heterocycles. The van der Waals surface area contributed by atoms with Crippen molar-refractivity contribution in [2.75, 3.05) is 0 Å². The van der Waals surface area contributed by atoms with E-state index in [9.17, 15) is 13.2 Å². The van der Waals surface area contributed by atoms with E-state index in [1.807, 2.05) is 0 Å². The average Bonchev–Trinajstić information content (AvgIpc) is 2.45. The first-order valence-corrected chi connectivity index (χ1v) is 3.73. The van der Waals surface area contributed by atoms with E-state index in [0.717, 1.165) is 0 Å². The fourth-order valence-corrected chi connectivity index (χ4v) is 1.02. The molecule has 0 atom stereocenters.